The highest BCUT2D eigenvalue weighted by atomic mass is 32.2. The molecule has 0 saturated heterocycles. The van der Waals surface area contributed by atoms with Crippen LogP contribution in [0, 0.1) is 29.9 Å². The Morgan fingerprint density at radius 1 is 1.08 bits per heavy atom. The van der Waals surface area contributed by atoms with Crippen LogP contribution in [0.4, 0.5) is 14.5 Å². The van der Waals surface area contributed by atoms with E-state index in [1.165, 1.54) is 30.5 Å². The van der Waals surface area contributed by atoms with Gasteiger partial charge in [0, 0.05) is 17.5 Å². The van der Waals surface area contributed by atoms with Crippen molar-refractivity contribution in [3.05, 3.63) is 71.4 Å². The zero-order chi connectivity index (χ0) is 18.9. The molecule has 0 aliphatic carbocycles. The lowest BCUT2D eigenvalue weighted by molar-refractivity contribution is 0.598. The fourth-order valence-electron chi connectivity index (χ4n) is 2.40. The quantitative estimate of drug-likeness (QED) is 0.726. The number of rotatable bonds is 4. The summed E-state index contributed by atoms with van der Waals surface area (Å²) in [5.74, 6) is -1.36. The van der Waals surface area contributed by atoms with Crippen LogP contribution in [0.5, 0.6) is 0 Å². The Balaban J connectivity index is 1.93. The molecule has 0 spiro atoms. The molecule has 2 N–H and O–H groups in total. The minimum absolute atomic E-state index is 0.0734. The van der Waals surface area contributed by atoms with Gasteiger partial charge < -0.3 is 4.98 Å². The molecule has 0 atom stereocenters. The van der Waals surface area contributed by atoms with Crippen molar-refractivity contribution in [1.82, 2.24) is 4.98 Å². The summed E-state index contributed by atoms with van der Waals surface area (Å²) in [6.07, 6.45) is 1.20. The van der Waals surface area contributed by atoms with Crippen LogP contribution >= 0.6 is 0 Å². The zero-order valence-electron chi connectivity index (χ0n) is 13.5. The van der Waals surface area contributed by atoms with Crippen molar-refractivity contribution in [3.8, 4) is 17.3 Å². The lowest BCUT2D eigenvalue weighted by atomic mass is 10.1. The largest absolute Gasteiger partial charge is 0.360 e. The van der Waals surface area contributed by atoms with Gasteiger partial charge in [0.2, 0.25) is 0 Å². The molecular weight excluding hydrogens is 360 g/mol. The summed E-state index contributed by atoms with van der Waals surface area (Å²) in [4.78, 5) is 2.55. The lowest BCUT2D eigenvalue weighted by Gasteiger charge is -2.07. The van der Waals surface area contributed by atoms with Crippen molar-refractivity contribution in [2.45, 2.75) is 11.8 Å². The first-order chi connectivity index (χ1) is 12.3. The van der Waals surface area contributed by atoms with Crippen LogP contribution in [0.15, 0.2) is 53.6 Å². The van der Waals surface area contributed by atoms with E-state index in [2.05, 4.69) is 9.71 Å². The van der Waals surface area contributed by atoms with Crippen LogP contribution in [-0.2, 0) is 10.0 Å². The Kier molecular flexibility index (Phi) is 4.49. The van der Waals surface area contributed by atoms with Gasteiger partial charge in [0.15, 0.2) is 0 Å². The van der Waals surface area contributed by atoms with Crippen molar-refractivity contribution < 1.29 is 17.2 Å². The molecule has 5 nitrogen and oxygen atoms in total. The van der Waals surface area contributed by atoms with Crippen LogP contribution in [0.2, 0.25) is 0 Å². The topological polar surface area (TPSA) is 85.8 Å². The predicted molar refractivity (Wildman–Crippen MR) is 92.8 cm³/mol. The van der Waals surface area contributed by atoms with Gasteiger partial charge in [0.25, 0.3) is 10.0 Å². The highest BCUT2D eigenvalue weighted by Gasteiger charge is 2.19. The van der Waals surface area contributed by atoms with E-state index in [0.29, 0.717) is 0 Å². The zero-order valence-corrected chi connectivity index (χ0v) is 14.4. The maximum absolute atomic E-state index is 14.0. The molecule has 8 heteroatoms. The number of aryl methyl sites for hydroxylation is 1. The number of hydrogen-bond donors (Lipinski definition) is 2. The number of nitrogens with one attached hydrogen (secondary N) is 2. The van der Waals surface area contributed by atoms with E-state index in [0.717, 1.165) is 11.6 Å². The molecule has 0 fully saturated rings. The predicted octanol–water partition coefficient (Wildman–Crippen LogP) is 3.94. The molecule has 1 heterocycles. The summed E-state index contributed by atoms with van der Waals surface area (Å²) < 4.78 is 54.9. The fourth-order valence-corrected chi connectivity index (χ4v) is 3.46. The van der Waals surface area contributed by atoms with E-state index in [9.17, 15) is 17.2 Å². The molecule has 0 amide bonds. The molecule has 3 aromatic rings. The minimum atomic E-state index is -4.09. The number of anilines is 1. The number of H-pyrrole nitrogens is 1. The second kappa shape index (κ2) is 6.61. The maximum atomic E-state index is 14.0. The van der Waals surface area contributed by atoms with Crippen LogP contribution in [-0.4, -0.2) is 13.4 Å². The molecule has 1 aromatic heterocycles. The Morgan fingerprint density at radius 3 is 2.54 bits per heavy atom. The van der Waals surface area contributed by atoms with Crippen LogP contribution < -0.4 is 4.72 Å². The highest BCUT2D eigenvalue weighted by Crippen LogP contribution is 2.27. The second-order valence-corrected chi connectivity index (χ2v) is 7.33. The Morgan fingerprint density at radius 2 is 1.85 bits per heavy atom. The monoisotopic (exact) mass is 373 g/mol. The first-order valence-electron chi connectivity index (χ1n) is 7.47. The molecule has 0 unspecified atom stereocenters. The third-order valence-electron chi connectivity index (χ3n) is 3.72. The highest BCUT2D eigenvalue weighted by molar-refractivity contribution is 7.92. The average Bonchev–Trinajstić information content (AvgIpc) is 3.09. The third kappa shape index (κ3) is 3.43. The number of sulfonamides is 1. The van der Waals surface area contributed by atoms with Gasteiger partial charge in [-0.15, -0.1) is 0 Å². The second-order valence-electron chi connectivity index (χ2n) is 5.64. The van der Waals surface area contributed by atoms with Gasteiger partial charge >= 0.3 is 0 Å². The summed E-state index contributed by atoms with van der Waals surface area (Å²) in [6, 6.07) is 10.9. The Labute approximate surface area is 149 Å². The van der Waals surface area contributed by atoms with Gasteiger partial charge in [-0.05, 0) is 43.3 Å². The van der Waals surface area contributed by atoms with Gasteiger partial charge in [-0.1, -0.05) is 11.6 Å². The van der Waals surface area contributed by atoms with Gasteiger partial charge in [0.1, 0.15) is 16.5 Å². The lowest BCUT2D eigenvalue weighted by Crippen LogP contribution is -2.13. The number of hydrogen-bond acceptors (Lipinski definition) is 3. The Hall–Kier alpha value is -3.18. The van der Waals surface area contributed by atoms with Crippen molar-refractivity contribution in [2.24, 2.45) is 0 Å². The molecule has 0 bridgehead atoms. The molecule has 2 aromatic carbocycles. The minimum Gasteiger partial charge on any atom is -0.360 e. The third-order valence-corrected chi connectivity index (χ3v) is 5.07. The van der Waals surface area contributed by atoms with E-state index in [-0.39, 0.29) is 27.4 Å². The summed E-state index contributed by atoms with van der Waals surface area (Å²) >= 11 is 0. The molecule has 0 aliphatic heterocycles. The van der Waals surface area contributed by atoms with Crippen molar-refractivity contribution in [1.29, 1.82) is 5.26 Å². The first kappa shape index (κ1) is 17.6. The van der Waals surface area contributed by atoms with Gasteiger partial charge in [-0.3, -0.25) is 4.72 Å². The standard InChI is InChI=1S/C18H13F2N3O2S/c1-11-2-4-15(19)14(6-11)18-8-13(10-22-18)26(24,25)23-17-5-3-12(9-21)7-16(17)20/h2-8,10,22-23H,1H3. The molecule has 0 radical (unpaired) electrons. The van der Waals surface area contributed by atoms with E-state index < -0.39 is 21.7 Å². The molecular formula is C18H13F2N3O2S. The SMILES string of the molecule is Cc1ccc(F)c(-c2cc(S(=O)(=O)Nc3ccc(C#N)cc3F)c[nH]2)c1. The van der Waals surface area contributed by atoms with Gasteiger partial charge in [0.05, 0.1) is 17.3 Å². The van der Waals surface area contributed by atoms with E-state index in [1.807, 2.05) is 0 Å². The van der Waals surface area contributed by atoms with Gasteiger partial charge in [-0.2, -0.15) is 5.26 Å². The summed E-state index contributed by atoms with van der Waals surface area (Å²) in [7, 11) is -4.09. The van der Waals surface area contributed by atoms with Crippen LogP contribution in [0.1, 0.15) is 11.1 Å². The van der Waals surface area contributed by atoms with Gasteiger partial charge in [-0.25, -0.2) is 17.2 Å². The number of halogens is 2. The summed E-state index contributed by atoms with van der Waals surface area (Å²) in [5, 5.41) is 8.73. The first-order valence-corrected chi connectivity index (χ1v) is 8.96. The number of benzene rings is 2. The van der Waals surface area contributed by atoms with E-state index in [1.54, 1.807) is 25.1 Å². The number of aromatic nitrogens is 1. The molecule has 0 saturated carbocycles. The molecule has 3 rings (SSSR count). The van der Waals surface area contributed by atoms with Crippen molar-refractivity contribution >= 4 is 15.7 Å². The number of nitrogens with zero attached hydrogens (tertiary/aromatic N) is 1. The molecule has 0 aliphatic rings. The van der Waals surface area contributed by atoms with Crippen LogP contribution in [0.3, 0.4) is 0 Å². The van der Waals surface area contributed by atoms with Crippen LogP contribution in [0.25, 0.3) is 11.3 Å². The summed E-state index contributed by atoms with van der Waals surface area (Å²) in [6.45, 7) is 1.79. The fraction of sp³-hybridized carbons (Fsp3) is 0.0556. The normalized spacial score (nSPS) is 11.2. The number of nitriles is 1. The maximum Gasteiger partial charge on any atom is 0.263 e. The van der Waals surface area contributed by atoms with E-state index >= 15 is 0 Å². The smallest absolute Gasteiger partial charge is 0.263 e. The van der Waals surface area contributed by atoms with E-state index in [4.69, 9.17) is 5.26 Å². The average molecular weight is 373 g/mol. The summed E-state index contributed by atoms with van der Waals surface area (Å²) in [5.41, 5.74) is 1.12. The van der Waals surface area contributed by atoms with Crippen molar-refractivity contribution in [3.63, 3.8) is 0 Å². The molecule has 26 heavy (non-hydrogen) atoms. The van der Waals surface area contributed by atoms with Crippen molar-refractivity contribution in [2.75, 3.05) is 4.72 Å². The number of aromatic amines is 1. The molecule has 132 valence electrons. The Bertz CT molecular complexity index is 1130.